The molecule has 5 nitrogen and oxygen atoms in total. The van der Waals surface area contributed by atoms with E-state index in [9.17, 15) is 0 Å². The largest absolute Gasteiger partial charge is 0.493 e. The van der Waals surface area contributed by atoms with Gasteiger partial charge < -0.3 is 25.0 Å². The molecule has 156 valence electrons. The van der Waals surface area contributed by atoms with Gasteiger partial charge in [0, 0.05) is 30.5 Å². The van der Waals surface area contributed by atoms with Crippen LogP contribution in [0.2, 0.25) is 0 Å². The molecule has 0 saturated carbocycles. The predicted molar refractivity (Wildman–Crippen MR) is 124 cm³/mol. The number of nitrogens with zero attached hydrogens (tertiary/aromatic N) is 1. The van der Waals surface area contributed by atoms with E-state index in [1.165, 1.54) is 24.1 Å². The third-order valence-corrected chi connectivity index (χ3v) is 5.75. The fourth-order valence-corrected chi connectivity index (χ4v) is 3.90. The highest BCUT2D eigenvalue weighted by Crippen LogP contribution is 2.30. The number of hydrogen-bond acceptors (Lipinski definition) is 4. The Morgan fingerprint density at radius 3 is 2.31 bits per heavy atom. The number of anilines is 2. The van der Waals surface area contributed by atoms with Crippen molar-refractivity contribution in [3.05, 3.63) is 48.0 Å². The van der Waals surface area contributed by atoms with E-state index in [0.29, 0.717) is 16.6 Å². The minimum Gasteiger partial charge on any atom is -0.493 e. The number of piperidine rings is 1. The van der Waals surface area contributed by atoms with Crippen LogP contribution in [0.25, 0.3) is 0 Å². The third-order valence-electron chi connectivity index (χ3n) is 5.53. The fraction of sp³-hybridized carbons (Fsp3) is 0.435. The van der Waals surface area contributed by atoms with Crippen molar-refractivity contribution in [3.63, 3.8) is 0 Å². The minimum absolute atomic E-state index is 0.102. The van der Waals surface area contributed by atoms with Gasteiger partial charge in [-0.3, -0.25) is 0 Å². The SMILES string of the molecule is COc1ccc(NC(=S)N[C@@H](C)c2ccc(N3CCC(C)CC3)cc2)cc1OC. The first-order valence-electron chi connectivity index (χ1n) is 10.1. The van der Waals surface area contributed by atoms with Gasteiger partial charge in [0.25, 0.3) is 0 Å². The van der Waals surface area contributed by atoms with Crippen LogP contribution in [-0.2, 0) is 0 Å². The highest BCUT2D eigenvalue weighted by Gasteiger charge is 2.16. The number of hydrogen-bond donors (Lipinski definition) is 2. The summed E-state index contributed by atoms with van der Waals surface area (Å²) in [6, 6.07) is 14.5. The molecule has 6 heteroatoms. The molecule has 2 aromatic carbocycles. The van der Waals surface area contributed by atoms with Crippen molar-refractivity contribution in [3.8, 4) is 11.5 Å². The van der Waals surface area contributed by atoms with Gasteiger partial charge in [0.1, 0.15) is 0 Å². The second kappa shape index (κ2) is 9.83. The fourth-order valence-electron chi connectivity index (χ4n) is 3.60. The maximum absolute atomic E-state index is 5.49. The van der Waals surface area contributed by atoms with Crippen LogP contribution in [0.3, 0.4) is 0 Å². The second-order valence-electron chi connectivity index (χ2n) is 7.65. The summed E-state index contributed by atoms with van der Waals surface area (Å²) >= 11 is 5.49. The molecule has 1 saturated heterocycles. The minimum atomic E-state index is 0.102. The molecule has 0 spiro atoms. The summed E-state index contributed by atoms with van der Waals surface area (Å²) < 4.78 is 10.6. The van der Waals surface area contributed by atoms with Gasteiger partial charge in [-0.2, -0.15) is 0 Å². The van der Waals surface area contributed by atoms with Crippen LogP contribution in [0.15, 0.2) is 42.5 Å². The molecule has 29 heavy (non-hydrogen) atoms. The molecule has 3 rings (SSSR count). The quantitative estimate of drug-likeness (QED) is 0.651. The lowest BCUT2D eigenvalue weighted by Gasteiger charge is -2.32. The van der Waals surface area contributed by atoms with Gasteiger partial charge in [-0.1, -0.05) is 19.1 Å². The second-order valence-corrected chi connectivity index (χ2v) is 8.06. The first kappa shape index (κ1) is 21.2. The van der Waals surface area contributed by atoms with Crippen molar-refractivity contribution >= 4 is 28.7 Å². The number of thiocarbonyl (C=S) groups is 1. The van der Waals surface area contributed by atoms with E-state index in [1.807, 2.05) is 18.2 Å². The lowest BCUT2D eigenvalue weighted by atomic mass is 9.98. The Morgan fingerprint density at radius 2 is 1.69 bits per heavy atom. The molecule has 0 unspecified atom stereocenters. The maximum atomic E-state index is 5.49. The zero-order valence-electron chi connectivity index (χ0n) is 17.7. The summed E-state index contributed by atoms with van der Waals surface area (Å²) in [6.07, 6.45) is 2.55. The topological polar surface area (TPSA) is 45.8 Å². The van der Waals surface area contributed by atoms with Crippen molar-refractivity contribution in [2.45, 2.75) is 32.7 Å². The molecule has 0 radical (unpaired) electrons. The molecule has 1 fully saturated rings. The first-order chi connectivity index (χ1) is 14.0. The van der Waals surface area contributed by atoms with Gasteiger partial charge >= 0.3 is 0 Å². The van der Waals surface area contributed by atoms with Crippen LogP contribution in [0.4, 0.5) is 11.4 Å². The van der Waals surface area contributed by atoms with E-state index in [1.54, 1.807) is 14.2 Å². The Hall–Kier alpha value is -2.47. The Balaban J connectivity index is 1.57. The Kier molecular flexibility index (Phi) is 7.20. The number of rotatable bonds is 6. The molecule has 1 aliphatic heterocycles. The van der Waals surface area contributed by atoms with Crippen LogP contribution in [0.5, 0.6) is 11.5 Å². The molecule has 1 atom stereocenters. The van der Waals surface area contributed by atoms with Gasteiger partial charge in [0.15, 0.2) is 16.6 Å². The van der Waals surface area contributed by atoms with Crippen molar-refractivity contribution < 1.29 is 9.47 Å². The number of methoxy groups -OCH3 is 2. The average molecular weight is 414 g/mol. The van der Waals surface area contributed by atoms with Gasteiger partial charge in [0.2, 0.25) is 0 Å². The number of benzene rings is 2. The molecular formula is C23H31N3O2S. The summed E-state index contributed by atoms with van der Waals surface area (Å²) in [6.45, 7) is 6.74. The van der Waals surface area contributed by atoms with E-state index in [-0.39, 0.29) is 6.04 Å². The lowest BCUT2D eigenvalue weighted by molar-refractivity contribution is 0.355. The molecule has 1 aliphatic rings. The molecule has 0 aromatic heterocycles. The van der Waals surface area contributed by atoms with Gasteiger partial charge in [-0.05, 0) is 67.7 Å². The van der Waals surface area contributed by atoms with Crippen molar-refractivity contribution in [1.82, 2.24) is 5.32 Å². The van der Waals surface area contributed by atoms with Crippen LogP contribution in [0, 0.1) is 5.92 Å². The molecular weight excluding hydrogens is 382 g/mol. The molecule has 2 N–H and O–H groups in total. The average Bonchev–Trinajstić information content (AvgIpc) is 2.74. The Morgan fingerprint density at radius 1 is 1.03 bits per heavy atom. The Bertz CT molecular complexity index is 817. The summed E-state index contributed by atoms with van der Waals surface area (Å²) in [5, 5.41) is 7.13. The Labute approximate surface area is 179 Å². The normalized spacial score (nSPS) is 15.5. The van der Waals surface area contributed by atoms with Crippen molar-refractivity contribution in [1.29, 1.82) is 0 Å². The van der Waals surface area contributed by atoms with E-state index in [0.717, 1.165) is 24.7 Å². The van der Waals surface area contributed by atoms with E-state index in [2.05, 4.69) is 53.6 Å². The summed E-state index contributed by atoms with van der Waals surface area (Å²) in [5.74, 6) is 2.19. The first-order valence-corrected chi connectivity index (χ1v) is 10.6. The third kappa shape index (κ3) is 5.54. The smallest absolute Gasteiger partial charge is 0.171 e. The van der Waals surface area contributed by atoms with Gasteiger partial charge in [-0.25, -0.2) is 0 Å². The number of ether oxygens (including phenoxy) is 2. The summed E-state index contributed by atoms with van der Waals surface area (Å²) in [4.78, 5) is 2.48. The summed E-state index contributed by atoms with van der Waals surface area (Å²) in [5.41, 5.74) is 3.36. The van der Waals surface area contributed by atoms with Crippen molar-refractivity contribution in [2.24, 2.45) is 5.92 Å². The summed E-state index contributed by atoms with van der Waals surface area (Å²) in [7, 11) is 3.24. The van der Waals surface area contributed by atoms with Crippen LogP contribution in [0.1, 0.15) is 38.3 Å². The number of nitrogens with one attached hydrogen (secondary N) is 2. The maximum Gasteiger partial charge on any atom is 0.171 e. The van der Waals surface area contributed by atoms with Crippen LogP contribution in [-0.4, -0.2) is 32.4 Å². The van der Waals surface area contributed by atoms with E-state index < -0.39 is 0 Å². The van der Waals surface area contributed by atoms with Gasteiger partial charge in [-0.15, -0.1) is 0 Å². The standard InChI is InChI=1S/C23H31N3O2S/c1-16-11-13-26(14-12-16)20-8-5-18(6-9-20)17(2)24-23(29)25-19-7-10-21(27-3)22(15-19)28-4/h5-10,15-17H,11-14H2,1-4H3,(H2,24,25,29)/t17-/m0/s1. The molecule has 0 amide bonds. The monoisotopic (exact) mass is 413 g/mol. The van der Waals surface area contributed by atoms with E-state index in [4.69, 9.17) is 21.7 Å². The van der Waals surface area contributed by atoms with Gasteiger partial charge in [0.05, 0.1) is 20.3 Å². The zero-order valence-corrected chi connectivity index (χ0v) is 18.5. The molecule has 0 aliphatic carbocycles. The van der Waals surface area contributed by atoms with E-state index >= 15 is 0 Å². The van der Waals surface area contributed by atoms with Crippen molar-refractivity contribution in [2.75, 3.05) is 37.5 Å². The van der Waals surface area contributed by atoms with Crippen LogP contribution >= 0.6 is 12.2 Å². The highest BCUT2D eigenvalue weighted by atomic mass is 32.1. The molecule has 1 heterocycles. The van der Waals surface area contributed by atoms with Crippen LogP contribution < -0.4 is 25.0 Å². The lowest BCUT2D eigenvalue weighted by Crippen LogP contribution is -2.33. The predicted octanol–water partition coefficient (Wildman–Crippen LogP) is 4.99. The highest BCUT2D eigenvalue weighted by molar-refractivity contribution is 7.80. The zero-order chi connectivity index (χ0) is 20.8. The molecule has 0 bridgehead atoms. The molecule has 2 aromatic rings.